The van der Waals surface area contributed by atoms with Crippen LogP contribution in [0, 0.1) is 5.92 Å². The minimum atomic E-state index is -0.716. The van der Waals surface area contributed by atoms with Gasteiger partial charge in [0.2, 0.25) is 11.8 Å². The van der Waals surface area contributed by atoms with Crippen LogP contribution in [-0.2, 0) is 35.4 Å². The third-order valence-corrected chi connectivity index (χ3v) is 10.6. The van der Waals surface area contributed by atoms with Gasteiger partial charge in [0.25, 0.3) is 0 Å². The number of nitrogens with one attached hydrogen (secondary N) is 3. The van der Waals surface area contributed by atoms with E-state index in [2.05, 4.69) is 65.1 Å². The molecule has 0 saturated carbocycles. The van der Waals surface area contributed by atoms with Gasteiger partial charge in [0.15, 0.2) is 0 Å². The molecule has 0 radical (unpaired) electrons. The quantitative estimate of drug-likeness (QED) is 0.101. The van der Waals surface area contributed by atoms with E-state index < -0.39 is 6.04 Å². The predicted molar refractivity (Wildman–Crippen MR) is 201 cm³/mol. The predicted octanol–water partition coefficient (Wildman–Crippen LogP) is 7.36. The molecule has 0 bridgehead atoms. The van der Waals surface area contributed by atoms with Crippen molar-refractivity contribution in [3.8, 4) is 0 Å². The van der Waals surface area contributed by atoms with Crippen molar-refractivity contribution in [1.29, 1.82) is 0 Å². The van der Waals surface area contributed by atoms with E-state index in [-0.39, 0.29) is 35.8 Å². The summed E-state index contributed by atoms with van der Waals surface area (Å²) in [4.78, 5) is 47.7. The summed E-state index contributed by atoms with van der Waals surface area (Å²) in [5.74, 6) is 0.0165. The number of nitrogens with zero attached hydrogens (tertiary/aromatic N) is 2. The summed E-state index contributed by atoms with van der Waals surface area (Å²) in [5, 5.41) is 14.6. The maximum absolute atomic E-state index is 13.9. The number of thiophene rings is 1. The molecule has 0 aliphatic carbocycles. The lowest BCUT2D eigenvalue weighted by Crippen LogP contribution is -2.54. The van der Waals surface area contributed by atoms with E-state index in [1.165, 1.54) is 4.88 Å². The Morgan fingerprint density at radius 3 is 1.92 bits per heavy atom. The van der Waals surface area contributed by atoms with Gasteiger partial charge in [-0.3, -0.25) is 9.59 Å². The second-order valence-electron chi connectivity index (χ2n) is 13.4. The first-order valence-electron chi connectivity index (χ1n) is 17.2. The van der Waals surface area contributed by atoms with Crippen molar-refractivity contribution in [2.45, 2.75) is 96.8 Å². The number of hydrogen-bond donors (Lipinski definition) is 3. The number of urea groups is 1. The number of benzene rings is 2. The minimum Gasteiger partial charge on any atom is -0.353 e. The molecule has 49 heavy (non-hydrogen) atoms. The van der Waals surface area contributed by atoms with Gasteiger partial charge in [0.1, 0.15) is 6.04 Å². The van der Waals surface area contributed by atoms with E-state index in [1.54, 1.807) is 34.6 Å². The van der Waals surface area contributed by atoms with Crippen LogP contribution in [0.15, 0.2) is 83.6 Å². The van der Waals surface area contributed by atoms with Crippen LogP contribution < -0.4 is 16.0 Å². The third kappa shape index (κ3) is 12.7. The number of aromatic nitrogens is 1. The zero-order chi connectivity index (χ0) is 35.2. The molecule has 0 spiro atoms. The SMILES string of the molecule is CC(C)c1nc(CN(C)C(=O)N[C@H](C(=O)N[C@H](CC[C@H](Cc2ccccc2)NC(=O)CCc2cccs2)Cc2ccccc2)C(C)C)cs1. The normalized spacial score (nSPS) is 13.1. The van der Waals surface area contributed by atoms with Gasteiger partial charge in [0, 0.05) is 41.7 Å². The molecule has 3 atom stereocenters. The summed E-state index contributed by atoms with van der Waals surface area (Å²) in [7, 11) is 1.72. The highest BCUT2D eigenvalue weighted by molar-refractivity contribution is 7.10. The lowest BCUT2D eigenvalue weighted by molar-refractivity contribution is -0.125. The number of aryl methyl sites for hydroxylation is 1. The lowest BCUT2D eigenvalue weighted by atomic mass is 9.95. The fraction of sp³-hybridized carbons (Fsp3) is 0.436. The molecule has 4 rings (SSSR count). The fourth-order valence-electron chi connectivity index (χ4n) is 5.69. The molecule has 0 saturated heterocycles. The van der Waals surface area contributed by atoms with Gasteiger partial charge in [-0.25, -0.2) is 9.78 Å². The molecule has 2 aromatic heterocycles. The number of thiazole rings is 1. The minimum absolute atomic E-state index is 0.0303. The first kappa shape index (κ1) is 37.8. The summed E-state index contributed by atoms with van der Waals surface area (Å²) in [6, 6.07) is 23.0. The molecule has 4 aromatic rings. The Morgan fingerprint density at radius 2 is 1.39 bits per heavy atom. The van der Waals surface area contributed by atoms with E-state index in [0.717, 1.165) is 21.8 Å². The molecular formula is C39H51N5O3S2. The van der Waals surface area contributed by atoms with Crippen LogP contribution in [-0.4, -0.2) is 52.9 Å². The molecule has 4 amide bonds. The summed E-state index contributed by atoms with van der Waals surface area (Å²) in [6.07, 6.45) is 3.83. The van der Waals surface area contributed by atoms with E-state index >= 15 is 0 Å². The molecule has 2 aromatic carbocycles. The molecule has 8 nitrogen and oxygen atoms in total. The smallest absolute Gasteiger partial charge is 0.318 e. The van der Waals surface area contributed by atoms with Gasteiger partial charge in [-0.2, -0.15) is 0 Å². The van der Waals surface area contributed by atoms with Crippen molar-refractivity contribution in [3.63, 3.8) is 0 Å². The van der Waals surface area contributed by atoms with Crippen molar-refractivity contribution in [3.05, 3.63) is 110 Å². The molecule has 0 aliphatic rings. The molecule has 0 aliphatic heterocycles. The molecule has 3 N–H and O–H groups in total. The lowest BCUT2D eigenvalue weighted by Gasteiger charge is -2.28. The molecular weight excluding hydrogens is 651 g/mol. The van der Waals surface area contributed by atoms with Crippen LogP contribution in [0.5, 0.6) is 0 Å². The fourth-order valence-corrected chi connectivity index (χ4v) is 7.22. The van der Waals surface area contributed by atoms with Crippen molar-refractivity contribution in [2.24, 2.45) is 5.92 Å². The van der Waals surface area contributed by atoms with Gasteiger partial charge in [-0.15, -0.1) is 22.7 Å². The zero-order valence-electron chi connectivity index (χ0n) is 29.4. The average Bonchev–Trinajstić information content (AvgIpc) is 3.78. The standard InChI is InChI=1S/C39H51N5O3S2/c1-27(2)36(43-39(47)44(5)25-33-26-49-38(42-33)28(3)4)37(46)41-32(24-30-15-10-7-11-16-30)19-18-31(23-29-13-8-6-9-14-29)40-35(45)21-20-34-17-12-22-48-34/h6-17,22,26-28,31-32,36H,18-21,23-25H2,1-5H3,(H,40,45)(H,41,46)(H,43,47)/t31-,32-,36+/m1/s1. The Kier molecular flexibility index (Phi) is 14.8. The summed E-state index contributed by atoms with van der Waals surface area (Å²) in [6.45, 7) is 8.44. The van der Waals surface area contributed by atoms with Crippen molar-refractivity contribution < 1.29 is 14.4 Å². The van der Waals surface area contributed by atoms with E-state index in [9.17, 15) is 14.4 Å². The largest absolute Gasteiger partial charge is 0.353 e. The summed E-state index contributed by atoms with van der Waals surface area (Å²) in [5.41, 5.74) is 3.10. The monoisotopic (exact) mass is 701 g/mol. The highest BCUT2D eigenvalue weighted by Gasteiger charge is 2.28. The van der Waals surface area contributed by atoms with E-state index in [0.29, 0.717) is 51.0 Å². The van der Waals surface area contributed by atoms with Crippen LogP contribution in [0.25, 0.3) is 0 Å². The second-order valence-corrected chi connectivity index (χ2v) is 15.3. The van der Waals surface area contributed by atoms with Crippen molar-refractivity contribution in [2.75, 3.05) is 7.05 Å². The Labute approximate surface area is 299 Å². The van der Waals surface area contributed by atoms with Crippen LogP contribution in [0.2, 0.25) is 0 Å². The van der Waals surface area contributed by atoms with Crippen molar-refractivity contribution >= 4 is 40.5 Å². The first-order chi connectivity index (χ1) is 23.6. The van der Waals surface area contributed by atoms with Gasteiger partial charge >= 0.3 is 6.03 Å². The maximum atomic E-state index is 13.9. The van der Waals surface area contributed by atoms with E-state index in [1.807, 2.05) is 67.1 Å². The van der Waals surface area contributed by atoms with Crippen molar-refractivity contribution in [1.82, 2.24) is 25.8 Å². The number of carbonyl (C=O) groups is 3. The van der Waals surface area contributed by atoms with E-state index in [4.69, 9.17) is 0 Å². The highest BCUT2D eigenvalue weighted by atomic mass is 32.1. The summed E-state index contributed by atoms with van der Waals surface area (Å²) >= 11 is 3.26. The summed E-state index contributed by atoms with van der Waals surface area (Å²) < 4.78 is 0. The zero-order valence-corrected chi connectivity index (χ0v) is 31.0. The molecule has 0 fully saturated rings. The number of rotatable bonds is 18. The Morgan fingerprint density at radius 1 is 0.776 bits per heavy atom. The van der Waals surface area contributed by atoms with Gasteiger partial charge < -0.3 is 20.9 Å². The third-order valence-electron chi connectivity index (χ3n) is 8.44. The molecule has 0 unspecified atom stereocenters. The molecule has 2 heterocycles. The molecule has 262 valence electrons. The van der Waals surface area contributed by atoms with Gasteiger partial charge in [-0.05, 0) is 60.6 Å². The van der Waals surface area contributed by atoms with Crippen LogP contribution >= 0.6 is 22.7 Å². The molecule has 10 heteroatoms. The average molecular weight is 702 g/mol. The van der Waals surface area contributed by atoms with Crippen LogP contribution in [0.1, 0.15) is 79.6 Å². The Balaban J connectivity index is 1.43. The van der Waals surface area contributed by atoms with Gasteiger partial charge in [0.05, 0.1) is 17.2 Å². The Hall–Kier alpha value is -4.02. The maximum Gasteiger partial charge on any atom is 0.318 e. The second kappa shape index (κ2) is 19.2. The van der Waals surface area contributed by atoms with Gasteiger partial charge in [-0.1, -0.05) is 94.4 Å². The Bertz CT molecular complexity index is 1570. The number of carbonyl (C=O) groups excluding carboxylic acids is 3. The topological polar surface area (TPSA) is 103 Å². The highest BCUT2D eigenvalue weighted by Crippen LogP contribution is 2.20. The first-order valence-corrected chi connectivity index (χ1v) is 19.0. The number of amides is 4. The van der Waals surface area contributed by atoms with Crippen LogP contribution in [0.4, 0.5) is 4.79 Å². The number of hydrogen-bond acceptors (Lipinski definition) is 6. The van der Waals surface area contributed by atoms with Crippen LogP contribution in [0.3, 0.4) is 0 Å².